The Kier molecular flexibility index (Phi) is 6.93. The molecule has 23 heavy (non-hydrogen) atoms. The average molecular weight is 352 g/mol. The highest BCUT2D eigenvalue weighted by Gasteiger charge is 2.10. The minimum Gasteiger partial charge on any atom is -0.355 e. The largest absolute Gasteiger partial charge is 0.355 e. The topological polar surface area (TPSA) is 29.1 Å². The summed E-state index contributed by atoms with van der Waals surface area (Å²) in [4.78, 5) is 11.9. The average Bonchev–Trinajstić information content (AvgIpc) is 2.56. The van der Waals surface area contributed by atoms with Crippen LogP contribution in [0.4, 0.5) is 4.39 Å². The Bertz CT molecular complexity index is 630. The highest BCUT2D eigenvalue weighted by atomic mass is 35.5. The smallest absolute Gasteiger partial charge is 0.230 e. The van der Waals surface area contributed by atoms with Crippen molar-refractivity contribution in [1.29, 1.82) is 0 Å². The molecule has 0 aliphatic carbocycles. The van der Waals surface area contributed by atoms with Crippen molar-refractivity contribution < 1.29 is 9.18 Å². The lowest BCUT2D eigenvalue weighted by molar-refractivity contribution is -0.118. The quantitative estimate of drug-likeness (QED) is 0.787. The summed E-state index contributed by atoms with van der Waals surface area (Å²) >= 11 is 7.32. The lowest BCUT2D eigenvalue weighted by atomic mass is 10.0. The zero-order valence-corrected chi connectivity index (χ0v) is 14.5. The van der Waals surface area contributed by atoms with Gasteiger partial charge in [-0.2, -0.15) is 0 Å². The van der Waals surface area contributed by atoms with E-state index in [1.54, 1.807) is 12.1 Å². The van der Waals surface area contributed by atoms with Gasteiger partial charge in [0, 0.05) is 22.9 Å². The van der Waals surface area contributed by atoms with Crippen molar-refractivity contribution in [2.24, 2.45) is 0 Å². The number of thioether (sulfide) groups is 1. The summed E-state index contributed by atoms with van der Waals surface area (Å²) in [6.07, 6.45) is 0. The summed E-state index contributed by atoms with van der Waals surface area (Å²) < 4.78 is 13.6. The Balaban J connectivity index is 1.73. The van der Waals surface area contributed by atoms with Crippen LogP contribution < -0.4 is 5.32 Å². The molecular formula is C18H19ClFNOS. The third-order valence-corrected chi connectivity index (χ3v) is 4.83. The second-order valence-corrected chi connectivity index (χ2v) is 6.70. The Hall–Kier alpha value is -1.52. The molecule has 0 aliphatic heterocycles. The Morgan fingerprint density at radius 3 is 2.65 bits per heavy atom. The summed E-state index contributed by atoms with van der Waals surface area (Å²) in [5.74, 6) is 0.541. The molecule has 1 amide bonds. The summed E-state index contributed by atoms with van der Waals surface area (Å²) in [7, 11) is 0. The van der Waals surface area contributed by atoms with Crippen molar-refractivity contribution >= 4 is 29.3 Å². The zero-order valence-electron chi connectivity index (χ0n) is 12.9. The molecule has 1 N–H and O–H groups in total. The minimum absolute atomic E-state index is 0.0507. The number of halogens is 2. The fraction of sp³-hybridized carbons (Fsp3) is 0.278. The van der Waals surface area contributed by atoms with Crippen LogP contribution in [0.5, 0.6) is 0 Å². The summed E-state index contributed by atoms with van der Waals surface area (Å²) in [5, 5.41) is 3.31. The molecule has 2 rings (SSSR count). The molecule has 0 bridgehead atoms. The number of amides is 1. The second-order valence-electron chi connectivity index (χ2n) is 5.31. The SMILES string of the molecule is C[C@@H](CNC(=O)CSCc1c(F)cccc1Cl)c1ccccc1. The maximum absolute atomic E-state index is 13.6. The van der Waals surface area contributed by atoms with Crippen LogP contribution in [0.15, 0.2) is 48.5 Å². The van der Waals surface area contributed by atoms with Gasteiger partial charge in [0.25, 0.3) is 0 Å². The highest BCUT2D eigenvalue weighted by Crippen LogP contribution is 2.23. The third-order valence-electron chi connectivity index (χ3n) is 3.52. The normalized spacial score (nSPS) is 12.0. The van der Waals surface area contributed by atoms with Crippen LogP contribution >= 0.6 is 23.4 Å². The van der Waals surface area contributed by atoms with Gasteiger partial charge >= 0.3 is 0 Å². The number of hydrogen-bond acceptors (Lipinski definition) is 2. The van der Waals surface area contributed by atoms with Crippen molar-refractivity contribution in [1.82, 2.24) is 5.32 Å². The number of carbonyl (C=O) groups is 1. The fourth-order valence-corrected chi connectivity index (χ4v) is 3.33. The maximum atomic E-state index is 13.6. The predicted molar refractivity (Wildman–Crippen MR) is 95.4 cm³/mol. The molecule has 1 atom stereocenters. The van der Waals surface area contributed by atoms with Crippen LogP contribution in [0.3, 0.4) is 0 Å². The number of benzene rings is 2. The van der Waals surface area contributed by atoms with E-state index >= 15 is 0 Å². The van der Waals surface area contributed by atoms with Gasteiger partial charge in [-0.25, -0.2) is 4.39 Å². The van der Waals surface area contributed by atoms with E-state index in [1.165, 1.54) is 23.4 Å². The van der Waals surface area contributed by atoms with E-state index in [0.29, 0.717) is 22.9 Å². The van der Waals surface area contributed by atoms with Crippen LogP contribution in [0, 0.1) is 5.82 Å². The lowest BCUT2D eigenvalue weighted by Crippen LogP contribution is -2.29. The molecule has 0 aliphatic rings. The molecule has 0 heterocycles. The molecule has 2 aromatic carbocycles. The Labute approximate surface area is 145 Å². The van der Waals surface area contributed by atoms with Gasteiger partial charge in [0.1, 0.15) is 5.82 Å². The molecule has 2 aromatic rings. The molecule has 0 saturated heterocycles. The van der Waals surface area contributed by atoms with E-state index in [-0.39, 0.29) is 23.4 Å². The van der Waals surface area contributed by atoms with Crippen LogP contribution in [-0.4, -0.2) is 18.2 Å². The molecule has 0 saturated carbocycles. The van der Waals surface area contributed by atoms with Gasteiger partial charge in [-0.05, 0) is 23.6 Å². The monoisotopic (exact) mass is 351 g/mol. The summed E-state index contributed by atoms with van der Waals surface area (Å²) in [5.41, 5.74) is 1.64. The van der Waals surface area contributed by atoms with Gasteiger partial charge in [-0.1, -0.05) is 54.9 Å². The molecule has 0 radical (unpaired) electrons. The lowest BCUT2D eigenvalue weighted by Gasteiger charge is -2.13. The van der Waals surface area contributed by atoms with E-state index in [1.807, 2.05) is 30.3 Å². The zero-order chi connectivity index (χ0) is 16.7. The van der Waals surface area contributed by atoms with Gasteiger partial charge in [0.2, 0.25) is 5.91 Å². The van der Waals surface area contributed by atoms with E-state index < -0.39 is 0 Å². The van der Waals surface area contributed by atoms with E-state index in [9.17, 15) is 9.18 Å². The van der Waals surface area contributed by atoms with Crippen LogP contribution in [0.25, 0.3) is 0 Å². The molecular weight excluding hydrogens is 333 g/mol. The van der Waals surface area contributed by atoms with Crippen molar-refractivity contribution in [2.45, 2.75) is 18.6 Å². The highest BCUT2D eigenvalue weighted by molar-refractivity contribution is 7.99. The number of carbonyl (C=O) groups excluding carboxylic acids is 1. The van der Waals surface area contributed by atoms with Crippen molar-refractivity contribution in [3.8, 4) is 0 Å². The standard InChI is InChI=1S/C18H19ClFNOS/c1-13(14-6-3-2-4-7-14)10-21-18(22)12-23-11-15-16(19)8-5-9-17(15)20/h2-9,13H,10-12H2,1H3,(H,21,22)/t13-/m0/s1. The first-order valence-corrected chi connectivity index (χ1v) is 8.93. The number of rotatable bonds is 7. The van der Waals surface area contributed by atoms with Gasteiger partial charge < -0.3 is 5.32 Å². The van der Waals surface area contributed by atoms with Crippen molar-refractivity contribution in [3.63, 3.8) is 0 Å². The summed E-state index contributed by atoms with van der Waals surface area (Å²) in [6.45, 7) is 2.66. The maximum Gasteiger partial charge on any atom is 0.230 e. The minimum atomic E-state index is -0.330. The molecule has 5 heteroatoms. The molecule has 2 nitrogen and oxygen atoms in total. The first-order chi connectivity index (χ1) is 11.1. The third kappa shape index (κ3) is 5.56. The van der Waals surface area contributed by atoms with E-state index in [2.05, 4.69) is 12.2 Å². The second kappa shape index (κ2) is 8.94. The Morgan fingerprint density at radius 2 is 1.96 bits per heavy atom. The van der Waals surface area contributed by atoms with Gasteiger partial charge in [-0.3, -0.25) is 4.79 Å². The van der Waals surface area contributed by atoms with Crippen LogP contribution in [0.1, 0.15) is 24.0 Å². The van der Waals surface area contributed by atoms with Crippen molar-refractivity contribution in [3.05, 3.63) is 70.5 Å². The van der Waals surface area contributed by atoms with Gasteiger partial charge in [0.05, 0.1) is 5.75 Å². The molecule has 0 fully saturated rings. The number of nitrogens with one attached hydrogen (secondary N) is 1. The molecule has 0 unspecified atom stereocenters. The van der Waals surface area contributed by atoms with Gasteiger partial charge in [-0.15, -0.1) is 11.8 Å². The molecule has 122 valence electrons. The summed E-state index contributed by atoms with van der Waals surface area (Å²) in [6, 6.07) is 14.6. The van der Waals surface area contributed by atoms with E-state index in [4.69, 9.17) is 11.6 Å². The predicted octanol–water partition coefficient (Wildman–Crippen LogP) is 4.63. The molecule has 0 aromatic heterocycles. The Morgan fingerprint density at radius 1 is 1.22 bits per heavy atom. The van der Waals surface area contributed by atoms with Crippen LogP contribution in [0.2, 0.25) is 5.02 Å². The molecule has 0 spiro atoms. The number of hydrogen-bond donors (Lipinski definition) is 1. The fourth-order valence-electron chi connectivity index (χ4n) is 2.13. The van der Waals surface area contributed by atoms with Crippen LogP contribution in [-0.2, 0) is 10.5 Å². The first-order valence-electron chi connectivity index (χ1n) is 7.40. The first kappa shape index (κ1) is 17.8. The van der Waals surface area contributed by atoms with Crippen molar-refractivity contribution in [2.75, 3.05) is 12.3 Å². The van der Waals surface area contributed by atoms with Gasteiger partial charge in [0.15, 0.2) is 0 Å². The van der Waals surface area contributed by atoms with E-state index in [0.717, 1.165) is 0 Å².